The number of hydrogen-bond donors (Lipinski definition) is 2. The van der Waals surface area contributed by atoms with Crippen LogP contribution in [0.5, 0.6) is 0 Å². The molecule has 0 radical (unpaired) electrons. The minimum Gasteiger partial charge on any atom is -0.396 e. The number of nitrogens with two attached hydrogens (primary N) is 1. The first kappa shape index (κ1) is 13.9. The lowest BCUT2D eigenvalue weighted by Crippen LogP contribution is -2.32. The Labute approximate surface area is 86.4 Å². The van der Waals surface area contributed by atoms with Crippen molar-refractivity contribution in [3.05, 3.63) is 0 Å². The van der Waals surface area contributed by atoms with Crippen LogP contribution in [-0.2, 0) is 9.84 Å². The van der Waals surface area contributed by atoms with Crippen LogP contribution in [0.3, 0.4) is 0 Å². The van der Waals surface area contributed by atoms with Gasteiger partial charge in [-0.05, 0) is 39.7 Å². The van der Waals surface area contributed by atoms with E-state index in [9.17, 15) is 8.42 Å². The van der Waals surface area contributed by atoms with E-state index >= 15 is 0 Å². The Kier molecular flexibility index (Phi) is 5.05. The maximum absolute atomic E-state index is 11.7. The lowest BCUT2D eigenvalue weighted by atomic mass is 10.1. The summed E-state index contributed by atoms with van der Waals surface area (Å²) in [5.41, 5.74) is 5.37. The fraction of sp³-hybridized carbons (Fsp3) is 1.00. The molecule has 14 heavy (non-hydrogen) atoms. The average molecular weight is 223 g/mol. The third kappa shape index (κ3) is 3.94. The molecular formula is C9H21NO3S. The number of aliphatic hydroxyl groups is 1. The zero-order valence-corrected chi connectivity index (χ0v) is 9.97. The van der Waals surface area contributed by atoms with Gasteiger partial charge in [0, 0.05) is 6.61 Å². The molecule has 0 saturated heterocycles. The van der Waals surface area contributed by atoms with Crippen molar-refractivity contribution in [3.63, 3.8) is 0 Å². The molecule has 3 N–H and O–H groups in total. The van der Waals surface area contributed by atoms with Gasteiger partial charge in [0.25, 0.3) is 0 Å². The molecule has 1 unspecified atom stereocenters. The second kappa shape index (κ2) is 5.09. The van der Waals surface area contributed by atoms with Crippen LogP contribution in [0.4, 0.5) is 0 Å². The highest BCUT2D eigenvalue weighted by Crippen LogP contribution is 2.18. The van der Waals surface area contributed by atoms with Gasteiger partial charge >= 0.3 is 0 Å². The molecule has 0 spiro atoms. The van der Waals surface area contributed by atoms with E-state index in [1.807, 2.05) is 0 Å². The minimum absolute atomic E-state index is 0.0455. The normalized spacial score (nSPS) is 15.5. The number of rotatable bonds is 5. The maximum Gasteiger partial charge on any atom is 0.155 e. The van der Waals surface area contributed by atoms with Crippen molar-refractivity contribution in [2.45, 2.75) is 31.9 Å². The highest BCUT2D eigenvalue weighted by atomic mass is 32.2. The Morgan fingerprint density at radius 1 is 1.36 bits per heavy atom. The van der Waals surface area contributed by atoms with Gasteiger partial charge in [0.2, 0.25) is 0 Å². The van der Waals surface area contributed by atoms with Crippen molar-refractivity contribution in [3.8, 4) is 0 Å². The molecule has 0 aliphatic carbocycles. The van der Waals surface area contributed by atoms with Gasteiger partial charge < -0.3 is 10.8 Å². The van der Waals surface area contributed by atoms with E-state index in [0.29, 0.717) is 13.0 Å². The van der Waals surface area contributed by atoms with Crippen LogP contribution >= 0.6 is 0 Å². The van der Waals surface area contributed by atoms with Gasteiger partial charge in [-0.1, -0.05) is 0 Å². The summed E-state index contributed by atoms with van der Waals surface area (Å²) in [5.74, 6) is -0.00836. The SMILES string of the molecule is CC(C)(C)S(=O)(=O)CCC(CN)CO. The molecule has 1 atom stereocenters. The zero-order valence-electron chi connectivity index (χ0n) is 9.16. The molecule has 0 aromatic rings. The van der Waals surface area contributed by atoms with E-state index in [1.165, 1.54) is 0 Å². The van der Waals surface area contributed by atoms with Gasteiger partial charge in [0.15, 0.2) is 9.84 Å². The molecule has 0 heterocycles. The summed E-state index contributed by atoms with van der Waals surface area (Å²) < 4.78 is 22.6. The van der Waals surface area contributed by atoms with E-state index < -0.39 is 14.6 Å². The topological polar surface area (TPSA) is 80.4 Å². The van der Waals surface area contributed by atoms with Crippen LogP contribution in [-0.4, -0.2) is 37.2 Å². The summed E-state index contributed by atoms with van der Waals surface area (Å²) in [6, 6.07) is 0. The van der Waals surface area contributed by atoms with Gasteiger partial charge in [0.1, 0.15) is 0 Å². The molecule has 0 amide bonds. The van der Waals surface area contributed by atoms with Crippen LogP contribution < -0.4 is 5.73 Å². The lowest BCUT2D eigenvalue weighted by molar-refractivity contribution is 0.227. The van der Waals surface area contributed by atoms with Gasteiger partial charge in [-0.2, -0.15) is 0 Å². The zero-order chi connectivity index (χ0) is 11.4. The van der Waals surface area contributed by atoms with E-state index in [1.54, 1.807) is 20.8 Å². The second-order valence-electron chi connectivity index (χ2n) is 4.50. The summed E-state index contributed by atoms with van der Waals surface area (Å²) >= 11 is 0. The van der Waals surface area contributed by atoms with Crippen LogP contribution in [0.1, 0.15) is 27.2 Å². The van der Waals surface area contributed by atoms with E-state index in [4.69, 9.17) is 10.8 Å². The highest BCUT2D eigenvalue weighted by Gasteiger charge is 2.28. The Balaban J connectivity index is 4.27. The molecule has 0 aromatic heterocycles. The maximum atomic E-state index is 11.7. The largest absolute Gasteiger partial charge is 0.396 e. The van der Waals surface area contributed by atoms with Crippen LogP contribution in [0.15, 0.2) is 0 Å². The van der Waals surface area contributed by atoms with Crippen molar-refractivity contribution < 1.29 is 13.5 Å². The Hall–Kier alpha value is -0.130. The average Bonchev–Trinajstić information content (AvgIpc) is 2.04. The second-order valence-corrected chi connectivity index (χ2v) is 7.37. The molecule has 0 fully saturated rings. The van der Waals surface area contributed by atoms with E-state index in [0.717, 1.165) is 0 Å². The van der Waals surface area contributed by atoms with Crippen molar-refractivity contribution in [1.82, 2.24) is 0 Å². The highest BCUT2D eigenvalue weighted by molar-refractivity contribution is 7.92. The fourth-order valence-electron chi connectivity index (χ4n) is 0.912. The molecule has 5 heteroatoms. The summed E-state index contributed by atoms with van der Waals surface area (Å²) in [6.07, 6.45) is 0.437. The summed E-state index contributed by atoms with van der Waals surface area (Å²) in [4.78, 5) is 0. The van der Waals surface area contributed by atoms with Crippen LogP contribution in [0, 0.1) is 5.92 Å². The standard InChI is InChI=1S/C9H21NO3S/c1-9(2,3)14(12,13)5-4-8(6-10)7-11/h8,11H,4-7,10H2,1-3H3. The smallest absolute Gasteiger partial charge is 0.155 e. The summed E-state index contributed by atoms with van der Waals surface area (Å²) in [6.45, 7) is 5.32. The molecule has 0 aromatic carbocycles. The van der Waals surface area contributed by atoms with Crippen molar-refractivity contribution in [2.75, 3.05) is 18.9 Å². The molecule has 0 aliphatic rings. The van der Waals surface area contributed by atoms with Gasteiger partial charge in [0.05, 0.1) is 10.5 Å². The monoisotopic (exact) mass is 223 g/mol. The molecule has 4 nitrogen and oxygen atoms in total. The number of aliphatic hydroxyl groups excluding tert-OH is 1. The first-order valence-corrected chi connectivity index (χ1v) is 6.43. The van der Waals surface area contributed by atoms with Gasteiger partial charge in [-0.15, -0.1) is 0 Å². The van der Waals surface area contributed by atoms with E-state index in [2.05, 4.69) is 0 Å². The summed E-state index contributed by atoms with van der Waals surface area (Å²) in [7, 11) is -3.08. The Bertz CT molecular complexity index is 250. The summed E-state index contributed by atoms with van der Waals surface area (Å²) in [5, 5.41) is 8.85. The van der Waals surface area contributed by atoms with Crippen LogP contribution in [0.2, 0.25) is 0 Å². The fourth-order valence-corrected chi connectivity index (χ4v) is 2.17. The van der Waals surface area contributed by atoms with Crippen molar-refractivity contribution in [2.24, 2.45) is 11.7 Å². The minimum atomic E-state index is -3.08. The molecule has 0 aliphatic heterocycles. The third-order valence-corrected chi connectivity index (χ3v) is 4.96. The van der Waals surface area contributed by atoms with Crippen molar-refractivity contribution >= 4 is 9.84 Å². The Morgan fingerprint density at radius 2 is 1.86 bits per heavy atom. The molecule has 0 bridgehead atoms. The molecule has 0 rings (SSSR count). The number of sulfone groups is 1. The predicted octanol–water partition coefficient (Wildman–Crippen LogP) is 0.157. The van der Waals surface area contributed by atoms with Gasteiger partial charge in [-0.3, -0.25) is 0 Å². The van der Waals surface area contributed by atoms with Gasteiger partial charge in [-0.25, -0.2) is 8.42 Å². The first-order valence-electron chi connectivity index (χ1n) is 4.78. The molecular weight excluding hydrogens is 202 g/mol. The first-order chi connectivity index (χ1) is 6.24. The quantitative estimate of drug-likeness (QED) is 0.695. The lowest BCUT2D eigenvalue weighted by Gasteiger charge is -2.20. The van der Waals surface area contributed by atoms with Crippen LogP contribution in [0.25, 0.3) is 0 Å². The third-order valence-electron chi connectivity index (χ3n) is 2.32. The van der Waals surface area contributed by atoms with E-state index in [-0.39, 0.29) is 18.3 Å². The predicted molar refractivity (Wildman–Crippen MR) is 57.8 cm³/mol. The molecule has 86 valence electrons. The molecule has 0 saturated carbocycles. The number of hydrogen-bond acceptors (Lipinski definition) is 4. The van der Waals surface area contributed by atoms with Crippen molar-refractivity contribution in [1.29, 1.82) is 0 Å². The Morgan fingerprint density at radius 3 is 2.14 bits per heavy atom.